The van der Waals surface area contributed by atoms with E-state index in [1.165, 1.54) is 77.5 Å². The van der Waals surface area contributed by atoms with E-state index in [1.807, 2.05) is 0 Å². The van der Waals surface area contributed by atoms with E-state index in [9.17, 15) is 0 Å². The average Bonchev–Trinajstić information content (AvgIpc) is 2.76. The fourth-order valence-electron chi connectivity index (χ4n) is 7.02. The maximum Gasteiger partial charge on any atom is 0.0781 e. The third-order valence-electron chi connectivity index (χ3n) is 8.99. The van der Waals surface area contributed by atoms with E-state index >= 15 is 0 Å². The fourth-order valence-corrected chi connectivity index (χ4v) is 7.02. The molecule has 0 aromatic rings. The van der Waals surface area contributed by atoms with Crippen LogP contribution in [0.15, 0.2) is 0 Å². The number of piperidine rings is 1. The van der Waals surface area contributed by atoms with Crippen molar-refractivity contribution in [2.75, 3.05) is 59.1 Å². The fraction of sp³-hybridized carbons (Fsp3) is 1.00. The van der Waals surface area contributed by atoms with Crippen LogP contribution in [0.4, 0.5) is 0 Å². The number of hydrogen-bond acceptors (Lipinski definition) is 6. The molecule has 204 valence electrons. The third-order valence-corrected chi connectivity index (χ3v) is 8.99. The van der Waals surface area contributed by atoms with Gasteiger partial charge in [0, 0.05) is 26.2 Å². The van der Waals surface area contributed by atoms with Crippen molar-refractivity contribution in [3.05, 3.63) is 0 Å². The summed E-state index contributed by atoms with van der Waals surface area (Å²) in [6, 6.07) is 0. The lowest BCUT2D eigenvalue weighted by Crippen LogP contribution is -2.58. The smallest absolute Gasteiger partial charge is 0.0781 e. The van der Waals surface area contributed by atoms with Crippen molar-refractivity contribution in [1.82, 2.24) is 9.80 Å². The van der Waals surface area contributed by atoms with Crippen LogP contribution in [0.25, 0.3) is 0 Å². The molecule has 4 fully saturated rings. The molecule has 0 N–H and O–H groups in total. The van der Waals surface area contributed by atoms with Gasteiger partial charge in [0.25, 0.3) is 0 Å². The highest BCUT2D eigenvalue weighted by atomic mass is 16.5. The van der Waals surface area contributed by atoms with Crippen LogP contribution in [-0.4, -0.2) is 99.4 Å². The standard InChI is InChI=1S/C29H54N2O4/c1-23(2)34-26-6-8-29(9-7-26)21-31(22-29)14-16-32-20-25(5)33-17-15-30-12-10-28(11-13-30)18-27(19-28)35-24(3)4/h23-27H,6-22H2,1-5H3. The Kier molecular flexibility index (Phi) is 9.95. The van der Waals surface area contributed by atoms with Crippen molar-refractivity contribution in [3.63, 3.8) is 0 Å². The summed E-state index contributed by atoms with van der Waals surface area (Å²) >= 11 is 0. The Hall–Kier alpha value is -0.240. The lowest BCUT2D eigenvalue weighted by molar-refractivity contribution is -0.124. The first-order valence-corrected chi connectivity index (χ1v) is 14.7. The van der Waals surface area contributed by atoms with Crippen molar-refractivity contribution >= 4 is 0 Å². The van der Waals surface area contributed by atoms with Crippen molar-refractivity contribution in [1.29, 1.82) is 0 Å². The molecular weight excluding hydrogens is 440 g/mol. The molecule has 2 aliphatic carbocycles. The van der Waals surface area contributed by atoms with Gasteiger partial charge in [-0.1, -0.05) is 0 Å². The largest absolute Gasteiger partial charge is 0.377 e. The molecule has 0 bridgehead atoms. The van der Waals surface area contributed by atoms with Crippen molar-refractivity contribution in [3.8, 4) is 0 Å². The number of likely N-dealkylation sites (tertiary alicyclic amines) is 2. The molecule has 4 rings (SSSR count). The Morgan fingerprint density at radius 2 is 1.31 bits per heavy atom. The zero-order valence-electron chi connectivity index (χ0n) is 23.4. The molecular formula is C29H54N2O4. The first-order valence-electron chi connectivity index (χ1n) is 14.7. The van der Waals surface area contributed by atoms with Crippen molar-refractivity contribution < 1.29 is 18.9 Å². The van der Waals surface area contributed by atoms with E-state index in [0.717, 1.165) is 26.3 Å². The second kappa shape index (κ2) is 12.5. The molecule has 1 unspecified atom stereocenters. The second-order valence-corrected chi connectivity index (χ2v) is 12.9. The predicted molar refractivity (Wildman–Crippen MR) is 141 cm³/mol. The summed E-state index contributed by atoms with van der Waals surface area (Å²) in [5.74, 6) is 0. The number of ether oxygens (including phenoxy) is 4. The molecule has 0 radical (unpaired) electrons. The summed E-state index contributed by atoms with van der Waals surface area (Å²) in [6.07, 6.45) is 12.2. The zero-order valence-corrected chi connectivity index (χ0v) is 23.4. The predicted octanol–water partition coefficient (Wildman–Crippen LogP) is 4.75. The summed E-state index contributed by atoms with van der Waals surface area (Å²) < 4.78 is 24.0. The Morgan fingerprint density at radius 3 is 1.94 bits per heavy atom. The van der Waals surface area contributed by atoms with Crippen LogP contribution < -0.4 is 0 Å². The number of hydrogen-bond donors (Lipinski definition) is 0. The molecule has 0 amide bonds. The molecule has 35 heavy (non-hydrogen) atoms. The van der Waals surface area contributed by atoms with Crippen LogP contribution >= 0.6 is 0 Å². The van der Waals surface area contributed by atoms with Crippen LogP contribution in [0.1, 0.15) is 86.0 Å². The van der Waals surface area contributed by atoms with Gasteiger partial charge < -0.3 is 23.8 Å². The zero-order chi connectivity index (χ0) is 24.9. The quantitative estimate of drug-likeness (QED) is 0.344. The van der Waals surface area contributed by atoms with Crippen LogP contribution in [0, 0.1) is 10.8 Å². The molecule has 0 aromatic carbocycles. The van der Waals surface area contributed by atoms with E-state index in [-0.39, 0.29) is 6.10 Å². The molecule has 6 nitrogen and oxygen atoms in total. The van der Waals surface area contributed by atoms with Gasteiger partial charge in [-0.05, 0) is 110 Å². The Morgan fingerprint density at radius 1 is 0.714 bits per heavy atom. The lowest BCUT2D eigenvalue weighted by Gasteiger charge is -2.53. The van der Waals surface area contributed by atoms with E-state index in [4.69, 9.17) is 18.9 Å². The van der Waals surface area contributed by atoms with Gasteiger partial charge in [-0.3, -0.25) is 4.90 Å². The van der Waals surface area contributed by atoms with Crippen LogP contribution in [0.5, 0.6) is 0 Å². The minimum atomic E-state index is 0.172. The highest BCUT2D eigenvalue weighted by Gasteiger charge is 2.47. The van der Waals surface area contributed by atoms with E-state index < -0.39 is 0 Å². The molecule has 2 aliphatic heterocycles. The van der Waals surface area contributed by atoms with Gasteiger partial charge >= 0.3 is 0 Å². The summed E-state index contributed by atoms with van der Waals surface area (Å²) in [5.41, 5.74) is 1.15. The van der Waals surface area contributed by atoms with Crippen LogP contribution in [-0.2, 0) is 18.9 Å². The molecule has 2 spiro atoms. The normalized spacial score (nSPS) is 26.5. The van der Waals surface area contributed by atoms with Gasteiger partial charge in [0.2, 0.25) is 0 Å². The third kappa shape index (κ3) is 8.12. The van der Waals surface area contributed by atoms with Gasteiger partial charge in [0.1, 0.15) is 0 Å². The van der Waals surface area contributed by atoms with Gasteiger partial charge in [-0.15, -0.1) is 0 Å². The highest BCUT2D eigenvalue weighted by molar-refractivity contribution is 4.99. The molecule has 2 saturated carbocycles. The summed E-state index contributed by atoms with van der Waals surface area (Å²) in [7, 11) is 0. The summed E-state index contributed by atoms with van der Waals surface area (Å²) in [5, 5.41) is 0. The Labute approximate surface area is 215 Å². The van der Waals surface area contributed by atoms with Crippen molar-refractivity contribution in [2.45, 2.75) is 117 Å². The topological polar surface area (TPSA) is 43.4 Å². The van der Waals surface area contributed by atoms with E-state index in [2.05, 4.69) is 44.4 Å². The molecule has 2 heterocycles. The first-order chi connectivity index (χ1) is 16.7. The minimum Gasteiger partial charge on any atom is -0.377 e. The number of rotatable bonds is 13. The van der Waals surface area contributed by atoms with Crippen LogP contribution in [0.3, 0.4) is 0 Å². The maximum absolute atomic E-state index is 6.06. The Bertz CT molecular complexity index is 610. The molecule has 6 heteroatoms. The summed E-state index contributed by atoms with van der Waals surface area (Å²) in [6.45, 7) is 20.1. The lowest BCUT2D eigenvalue weighted by atomic mass is 9.61. The van der Waals surface area contributed by atoms with E-state index in [1.54, 1.807) is 0 Å². The van der Waals surface area contributed by atoms with Crippen LogP contribution in [0.2, 0.25) is 0 Å². The van der Waals surface area contributed by atoms with Gasteiger partial charge in [0.15, 0.2) is 0 Å². The minimum absolute atomic E-state index is 0.172. The highest BCUT2D eigenvalue weighted by Crippen LogP contribution is 2.50. The molecule has 4 aliphatic rings. The monoisotopic (exact) mass is 494 g/mol. The first kappa shape index (κ1) is 27.8. The maximum atomic E-state index is 6.06. The van der Waals surface area contributed by atoms with Gasteiger partial charge in [0.05, 0.1) is 50.3 Å². The Balaban J connectivity index is 0.968. The van der Waals surface area contributed by atoms with Crippen molar-refractivity contribution in [2.24, 2.45) is 10.8 Å². The van der Waals surface area contributed by atoms with E-state index in [0.29, 0.717) is 41.9 Å². The molecule has 0 aromatic heterocycles. The SMILES string of the molecule is CC(C)OC1CCC2(CC1)CN(CCOCC(C)OCCN1CCC3(CC1)CC(OC(C)C)C3)C2. The molecule has 1 atom stereocenters. The summed E-state index contributed by atoms with van der Waals surface area (Å²) in [4.78, 5) is 5.15. The number of nitrogens with zero attached hydrogens (tertiary/aromatic N) is 2. The van der Waals surface area contributed by atoms with Gasteiger partial charge in [-0.2, -0.15) is 0 Å². The van der Waals surface area contributed by atoms with Gasteiger partial charge in [-0.25, -0.2) is 0 Å². The second-order valence-electron chi connectivity index (χ2n) is 12.9. The average molecular weight is 495 g/mol. The molecule has 2 saturated heterocycles.